The second kappa shape index (κ2) is 9.35. The van der Waals surface area contributed by atoms with Gasteiger partial charge in [-0.3, -0.25) is 0 Å². The van der Waals surface area contributed by atoms with E-state index in [9.17, 15) is 25.5 Å². The molecule has 4 rings (SSSR count). The van der Waals surface area contributed by atoms with Crippen LogP contribution in [0, 0.1) is 0 Å². The molecule has 0 atom stereocenters. The van der Waals surface area contributed by atoms with Gasteiger partial charge in [0.15, 0.2) is 0 Å². The van der Waals surface area contributed by atoms with Crippen LogP contribution in [0.5, 0.6) is 28.7 Å². The molecular weight excluding hydrogens is 440 g/mol. The van der Waals surface area contributed by atoms with Crippen LogP contribution >= 0.6 is 11.6 Å². The average molecular weight is 463 g/mol. The normalized spacial score (nSPS) is 10.9. The molecule has 0 unspecified atom stereocenters. The van der Waals surface area contributed by atoms with E-state index in [4.69, 9.17) is 11.6 Å². The molecule has 0 aliphatic rings. The van der Waals surface area contributed by atoms with Gasteiger partial charge >= 0.3 is 0 Å². The van der Waals surface area contributed by atoms with E-state index in [1.54, 1.807) is 12.1 Å². The third kappa shape index (κ3) is 4.99. The molecule has 33 heavy (non-hydrogen) atoms. The molecule has 0 spiro atoms. The minimum atomic E-state index is -0.100. The van der Waals surface area contributed by atoms with E-state index in [2.05, 4.69) is 0 Å². The molecule has 0 saturated heterocycles. The van der Waals surface area contributed by atoms with Crippen LogP contribution in [0.15, 0.2) is 72.8 Å². The Bertz CT molecular complexity index is 1300. The Morgan fingerprint density at radius 1 is 0.545 bits per heavy atom. The van der Waals surface area contributed by atoms with Crippen molar-refractivity contribution in [1.29, 1.82) is 0 Å². The number of benzene rings is 4. The molecule has 0 bridgehead atoms. The van der Waals surface area contributed by atoms with Gasteiger partial charge in [-0.1, -0.05) is 54.1 Å². The van der Waals surface area contributed by atoms with Crippen molar-refractivity contribution in [2.24, 2.45) is 0 Å². The summed E-state index contributed by atoms with van der Waals surface area (Å²) in [4.78, 5) is 0. The summed E-state index contributed by atoms with van der Waals surface area (Å²) in [5.74, 6) is -0.321. The summed E-state index contributed by atoms with van der Waals surface area (Å²) in [6.07, 6.45) is 0.891. The first-order chi connectivity index (χ1) is 15.8. The number of phenolic OH excluding ortho intramolecular Hbond substituents is 5. The van der Waals surface area contributed by atoms with Gasteiger partial charge in [0.25, 0.3) is 0 Å². The van der Waals surface area contributed by atoms with Gasteiger partial charge in [0.05, 0.1) is 5.02 Å². The lowest BCUT2D eigenvalue weighted by Gasteiger charge is -2.17. The number of hydrogen-bond donors (Lipinski definition) is 5. The smallest absolute Gasteiger partial charge is 0.124 e. The molecule has 4 aromatic rings. The summed E-state index contributed by atoms with van der Waals surface area (Å²) in [7, 11) is 0. The molecule has 6 heteroatoms. The molecule has 0 amide bonds. The first kappa shape index (κ1) is 22.4. The predicted molar refractivity (Wildman–Crippen MR) is 128 cm³/mol. The molecule has 0 aliphatic heterocycles. The van der Waals surface area contributed by atoms with Crippen molar-refractivity contribution < 1.29 is 25.5 Å². The van der Waals surface area contributed by atoms with E-state index in [-0.39, 0.29) is 41.6 Å². The fourth-order valence-electron chi connectivity index (χ4n) is 3.87. The Balaban J connectivity index is 1.80. The predicted octanol–water partition coefficient (Wildman–Crippen LogP) is 5.64. The summed E-state index contributed by atoms with van der Waals surface area (Å²) in [6.45, 7) is 0. The van der Waals surface area contributed by atoms with Crippen LogP contribution in [0.25, 0.3) is 0 Å². The summed E-state index contributed by atoms with van der Waals surface area (Å²) in [6, 6.07) is 20.2. The lowest BCUT2D eigenvalue weighted by atomic mass is 9.92. The quantitative estimate of drug-likeness (QED) is 0.255. The highest BCUT2D eigenvalue weighted by atomic mass is 35.5. The number of aromatic hydroxyl groups is 5. The fourth-order valence-corrected chi connectivity index (χ4v) is 4.15. The van der Waals surface area contributed by atoms with Gasteiger partial charge in [-0.15, -0.1) is 0 Å². The van der Waals surface area contributed by atoms with Crippen LogP contribution in [-0.4, -0.2) is 25.5 Å². The fraction of sp³-hybridized carbons (Fsp3) is 0.111. The number of hydrogen-bond acceptors (Lipinski definition) is 5. The molecule has 168 valence electrons. The zero-order valence-electron chi connectivity index (χ0n) is 17.7. The lowest BCUT2D eigenvalue weighted by molar-refractivity contribution is 0.445. The maximum Gasteiger partial charge on any atom is 0.124 e. The van der Waals surface area contributed by atoms with Crippen molar-refractivity contribution in [2.75, 3.05) is 0 Å². The van der Waals surface area contributed by atoms with Crippen LogP contribution < -0.4 is 0 Å². The lowest BCUT2D eigenvalue weighted by Crippen LogP contribution is -2.01. The van der Waals surface area contributed by atoms with Gasteiger partial charge in [-0.25, -0.2) is 0 Å². The summed E-state index contributed by atoms with van der Waals surface area (Å²) in [5, 5.41) is 51.2. The molecule has 0 aliphatic carbocycles. The standard InChI is InChI=1S/C27H23ClO5/c28-26-19(10-16-4-2-1-3-5-16)12-20(11-17-6-8-21(29)14-24(17)31)27(33)23(26)13-18-7-9-22(30)15-25(18)32/h1-9,12,14-15,29-33H,10-11,13H2. The number of phenols is 5. The highest BCUT2D eigenvalue weighted by Crippen LogP contribution is 2.39. The second-order valence-electron chi connectivity index (χ2n) is 7.98. The Kier molecular flexibility index (Phi) is 6.33. The molecule has 0 aromatic heterocycles. The minimum absolute atomic E-state index is 0.0308. The second-order valence-corrected chi connectivity index (χ2v) is 8.36. The van der Waals surface area contributed by atoms with Crippen molar-refractivity contribution in [1.82, 2.24) is 0 Å². The van der Waals surface area contributed by atoms with Gasteiger partial charge < -0.3 is 25.5 Å². The molecular formula is C27H23ClO5. The Labute approximate surface area is 196 Å². The van der Waals surface area contributed by atoms with Crippen molar-refractivity contribution in [3.8, 4) is 28.7 Å². The summed E-state index contributed by atoms with van der Waals surface area (Å²) < 4.78 is 0. The molecule has 0 heterocycles. The molecule has 0 saturated carbocycles. The minimum Gasteiger partial charge on any atom is -0.508 e. The molecule has 0 fully saturated rings. The van der Waals surface area contributed by atoms with Gasteiger partial charge in [0.1, 0.15) is 28.7 Å². The number of halogens is 1. The van der Waals surface area contributed by atoms with E-state index in [1.807, 2.05) is 36.4 Å². The SMILES string of the molecule is Oc1ccc(Cc2cc(Cc3ccccc3)c(Cl)c(Cc3ccc(O)cc3O)c2O)c(O)c1. The highest BCUT2D eigenvalue weighted by Gasteiger charge is 2.20. The molecule has 4 aromatic carbocycles. The van der Waals surface area contributed by atoms with Crippen molar-refractivity contribution in [3.63, 3.8) is 0 Å². The zero-order chi connectivity index (χ0) is 23.5. The van der Waals surface area contributed by atoms with Crippen LogP contribution in [0.3, 0.4) is 0 Å². The maximum atomic E-state index is 11.1. The highest BCUT2D eigenvalue weighted by molar-refractivity contribution is 6.32. The van der Waals surface area contributed by atoms with Gasteiger partial charge in [0.2, 0.25) is 0 Å². The van der Waals surface area contributed by atoms with Crippen LogP contribution in [-0.2, 0) is 19.3 Å². The Hall–Kier alpha value is -3.83. The molecule has 5 nitrogen and oxygen atoms in total. The number of rotatable bonds is 6. The Morgan fingerprint density at radius 2 is 1.12 bits per heavy atom. The van der Waals surface area contributed by atoms with E-state index in [0.717, 1.165) is 11.1 Å². The summed E-state index contributed by atoms with van der Waals surface area (Å²) >= 11 is 6.75. The van der Waals surface area contributed by atoms with Crippen molar-refractivity contribution in [2.45, 2.75) is 19.3 Å². The van der Waals surface area contributed by atoms with Gasteiger partial charge in [-0.05, 0) is 52.4 Å². The largest absolute Gasteiger partial charge is 0.508 e. The third-order valence-electron chi connectivity index (χ3n) is 5.61. The van der Waals surface area contributed by atoms with Gasteiger partial charge in [0, 0.05) is 30.5 Å². The topological polar surface area (TPSA) is 101 Å². The first-order valence-corrected chi connectivity index (χ1v) is 10.8. The molecule has 0 radical (unpaired) electrons. The average Bonchev–Trinajstić information content (AvgIpc) is 2.78. The van der Waals surface area contributed by atoms with E-state index in [0.29, 0.717) is 33.7 Å². The Morgan fingerprint density at radius 3 is 1.70 bits per heavy atom. The maximum absolute atomic E-state index is 11.1. The molecule has 5 N–H and O–H groups in total. The third-order valence-corrected chi connectivity index (χ3v) is 6.08. The monoisotopic (exact) mass is 462 g/mol. The zero-order valence-corrected chi connectivity index (χ0v) is 18.4. The van der Waals surface area contributed by atoms with E-state index in [1.165, 1.54) is 24.3 Å². The van der Waals surface area contributed by atoms with Crippen molar-refractivity contribution in [3.05, 3.63) is 111 Å². The van der Waals surface area contributed by atoms with Gasteiger partial charge in [-0.2, -0.15) is 0 Å². The van der Waals surface area contributed by atoms with E-state index >= 15 is 0 Å². The van der Waals surface area contributed by atoms with Crippen LogP contribution in [0.2, 0.25) is 5.02 Å². The van der Waals surface area contributed by atoms with Crippen LogP contribution in [0.4, 0.5) is 0 Å². The van der Waals surface area contributed by atoms with Crippen molar-refractivity contribution >= 4 is 11.6 Å². The summed E-state index contributed by atoms with van der Waals surface area (Å²) in [5.41, 5.74) is 3.87. The first-order valence-electron chi connectivity index (χ1n) is 10.4. The van der Waals surface area contributed by atoms with Crippen LogP contribution in [0.1, 0.15) is 33.4 Å². The van der Waals surface area contributed by atoms with E-state index < -0.39 is 0 Å².